The van der Waals surface area contributed by atoms with E-state index in [1.165, 1.54) is 0 Å². The predicted molar refractivity (Wildman–Crippen MR) is 22.0 cm³/mol. The first-order valence-corrected chi connectivity index (χ1v) is 2.41. The third-order valence-electron chi connectivity index (χ3n) is 0.174. The fraction of sp³-hybridized carbons (Fsp3) is 1.00. The molecule has 0 aromatic rings. The highest BCUT2D eigenvalue weighted by Crippen LogP contribution is 1.75. The highest BCUT2D eigenvalue weighted by atomic mass is 32.2. The minimum absolute atomic E-state index is 0.230. The molecule has 0 fully saturated rings. The van der Waals surface area contributed by atoms with Gasteiger partial charge in [-0.3, -0.25) is 4.55 Å². The van der Waals surface area contributed by atoms with E-state index < -0.39 is 11.4 Å². The molecule has 44 valence electrons. The molecule has 3 N–H and O–H groups in total. The van der Waals surface area contributed by atoms with Crippen molar-refractivity contribution < 1.29 is 18.0 Å². The van der Waals surface area contributed by atoms with Crippen molar-refractivity contribution in [3.05, 3.63) is 0 Å². The van der Waals surface area contributed by atoms with E-state index >= 15 is 0 Å². The van der Waals surface area contributed by atoms with E-state index in [0.717, 1.165) is 0 Å². The van der Waals surface area contributed by atoms with Crippen LogP contribution >= 0.6 is 0 Å². The fourth-order valence-corrected chi connectivity index (χ4v) is 0.207. The summed E-state index contributed by atoms with van der Waals surface area (Å²) in [7, 11) is 0. The summed E-state index contributed by atoms with van der Waals surface area (Å²) in [5.74, 6) is 0. The van der Waals surface area contributed by atoms with Crippen LogP contribution in [0.25, 0.3) is 0 Å². The molecular formula is CH5NO4S. The van der Waals surface area contributed by atoms with Crippen LogP contribution in [0.15, 0.2) is 0 Å². The Hall–Kier alpha value is -0.0100. The third kappa shape index (κ3) is 5.99. The summed E-state index contributed by atoms with van der Waals surface area (Å²) in [6.07, 6.45) is 0. The van der Waals surface area contributed by atoms with E-state index in [2.05, 4.69) is 15.0 Å². The second-order valence-corrected chi connectivity index (χ2v) is 1.14. The van der Waals surface area contributed by atoms with Gasteiger partial charge in [-0.25, -0.2) is 4.89 Å². The maximum absolute atomic E-state index is 9.47. The van der Waals surface area contributed by atoms with Gasteiger partial charge < -0.3 is 5.73 Å². The van der Waals surface area contributed by atoms with Crippen LogP contribution in [0, 0.1) is 0 Å². The first-order chi connectivity index (χ1) is 3.27. The Labute approximate surface area is 42.8 Å². The smallest absolute Gasteiger partial charge is 0.306 e. The van der Waals surface area contributed by atoms with E-state index in [0.29, 0.717) is 0 Å². The van der Waals surface area contributed by atoms with Crippen molar-refractivity contribution in [1.82, 2.24) is 0 Å². The summed E-state index contributed by atoms with van der Waals surface area (Å²) in [5, 5.41) is 0. The molecule has 0 saturated heterocycles. The van der Waals surface area contributed by atoms with Crippen LogP contribution in [0.4, 0.5) is 0 Å². The highest BCUT2D eigenvalue weighted by molar-refractivity contribution is 7.74. The summed E-state index contributed by atoms with van der Waals surface area (Å²) in [4.78, 5) is 3.82. The van der Waals surface area contributed by atoms with Crippen LogP contribution in [0.1, 0.15) is 0 Å². The monoisotopic (exact) mass is 127 g/mol. The molecule has 0 aromatic heterocycles. The molecule has 0 heterocycles. The van der Waals surface area contributed by atoms with Crippen LogP contribution < -0.4 is 5.73 Å². The molecule has 0 saturated carbocycles. The molecular weight excluding hydrogens is 122 g/mol. The average molecular weight is 127 g/mol. The number of rotatable bonds is 3. The topological polar surface area (TPSA) is 81.8 Å². The quantitative estimate of drug-likeness (QED) is 0.219. The molecule has 0 aliphatic carbocycles. The maximum Gasteiger partial charge on any atom is 0.331 e. The van der Waals surface area contributed by atoms with Crippen LogP contribution in [0.2, 0.25) is 0 Å². The molecule has 0 rings (SSSR count). The normalized spacial score (nSPS) is 14.0. The van der Waals surface area contributed by atoms with Crippen LogP contribution in [0.3, 0.4) is 0 Å². The van der Waals surface area contributed by atoms with Crippen molar-refractivity contribution in [1.29, 1.82) is 0 Å². The fourth-order valence-electron chi connectivity index (χ4n) is 0.0689. The number of nitrogens with two attached hydrogens (primary N) is 1. The van der Waals surface area contributed by atoms with Gasteiger partial charge in [0.15, 0.2) is 0 Å². The SMILES string of the molecule is NCOOS(=O)O. The van der Waals surface area contributed by atoms with E-state index in [4.69, 9.17) is 4.55 Å². The first-order valence-electron chi connectivity index (χ1n) is 1.38. The minimum Gasteiger partial charge on any atom is -0.306 e. The molecule has 0 aromatic carbocycles. The zero-order chi connectivity index (χ0) is 5.70. The first kappa shape index (κ1) is 6.99. The predicted octanol–water partition coefficient (Wildman–Crippen LogP) is -1.01. The lowest BCUT2D eigenvalue weighted by Crippen LogP contribution is -2.06. The Bertz CT molecular complexity index is 64.7. The molecule has 0 radical (unpaired) electrons. The van der Waals surface area contributed by atoms with Gasteiger partial charge in [-0.15, -0.1) is 4.33 Å². The molecule has 5 nitrogen and oxygen atoms in total. The molecule has 0 bridgehead atoms. The van der Waals surface area contributed by atoms with Gasteiger partial charge in [0.1, 0.15) is 6.73 Å². The van der Waals surface area contributed by atoms with Crippen molar-refractivity contribution in [3.8, 4) is 0 Å². The third-order valence-corrected chi connectivity index (χ3v) is 0.387. The Morgan fingerprint density at radius 3 is 2.57 bits per heavy atom. The van der Waals surface area contributed by atoms with Crippen molar-refractivity contribution in [2.24, 2.45) is 5.73 Å². The van der Waals surface area contributed by atoms with Crippen molar-refractivity contribution >= 4 is 11.4 Å². The Morgan fingerprint density at radius 2 is 2.43 bits per heavy atom. The van der Waals surface area contributed by atoms with E-state index in [1.54, 1.807) is 0 Å². The number of hydrogen-bond acceptors (Lipinski definition) is 4. The standard InChI is InChI=1S/CH5NO4S/c2-1-5-6-7(3)4/h1-2H2,(H,3,4). The van der Waals surface area contributed by atoms with Gasteiger partial charge in [0.25, 0.3) is 0 Å². The molecule has 7 heavy (non-hydrogen) atoms. The lowest BCUT2D eigenvalue weighted by Gasteiger charge is -1.89. The molecule has 0 aliphatic rings. The summed E-state index contributed by atoms with van der Waals surface area (Å²) < 4.78 is 20.8. The lowest BCUT2D eigenvalue weighted by atomic mass is 11.4. The molecule has 0 aliphatic heterocycles. The average Bonchev–Trinajstić information content (AvgIpc) is 1.61. The number of hydrogen-bond donors (Lipinski definition) is 2. The Kier molecular flexibility index (Phi) is 4.15. The van der Waals surface area contributed by atoms with Crippen LogP contribution in [0.5, 0.6) is 0 Å². The van der Waals surface area contributed by atoms with Gasteiger partial charge in [-0.2, -0.15) is 4.21 Å². The molecule has 6 heteroatoms. The van der Waals surface area contributed by atoms with E-state index in [1.807, 2.05) is 0 Å². The Morgan fingerprint density at radius 1 is 1.86 bits per heavy atom. The summed E-state index contributed by atoms with van der Waals surface area (Å²) in [5.41, 5.74) is 4.68. The van der Waals surface area contributed by atoms with Crippen LogP contribution in [-0.4, -0.2) is 15.5 Å². The van der Waals surface area contributed by atoms with Gasteiger partial charge in [-0.1, -0.05) is 0 Å². The summed E-state index contributed by atoms with van der Waals surface area (Å²) >= 11 is -2.37. The largest absolute Gasteiger partial charge is 0.331 e. The summed E-state index contributed by atoms with van der Waals surface area (Å²) in [6, 6.07) is 0. The van der Waals surface area contributed by atoms with Gasteiger partial charge in [-0.05, 0) is 0 Å². The van der Waals surface area contributed by atoms with Crippen molar-refractivity contribution in [2.45, 2.75) is 0 Å². The molecule has 0 spiro atoms. The molecule has 1 unspecified atom stereocenters. The van der Waals surface area contributed by atoms with Crippen molar-refractivity contribution in [3.63, 3.8) is 0 Å². The minimum atomic E-state index is -2.37. The Balaban J connectivity index is 2.82. The zero-order valence-electron chi connectivity index (χ0n) is 3.36. The van der Waals surface area contributed by atoms with Gasteiger partial charge in [0.05, 0.1) is 0 Å². The lowest BCUT2D eigenvalue weighted by molar-refractivity contribution is -0.200. The molecule has 0 amide bonds. The van der Waals surface area contributed by atoms with Gasteiger partial charge >= 0.3 is 11.4 Å². The van der Waals surface area contributed by atoms with Gasteiger partial charge in [0.2, 0.25) is 0 Å². The zero-order valence-corrected chi connectivity index (χ0v) is 4.18. The van der Waals surface area contributed by atoms with Gasteiger partial charge in [0, 0.05) is 0 Å². The van der Waals surface area contributed by atoms with Crippen molar-refractivity contribution in [2.75, 3.05) is 6.73 Å². The highest BCUT2D eigenvalue weighted by Gasteiger charge is 1.87. The second-order valence-electron chi connectivity index (χ2n) is 0.570. The van der Waals surface area contributed by atoms with E-state index in [9.17, 15) is 4.21 Å². The van der Waals surface area contributed by atoms with E-state index in [-0.39, 0.29) is 6.73 Å². The van der Waals surface area contributed by atoms with Crippen LogP contribution in [-0.2, 0) is 20.6 Å². The molecule has 1 atom stereocenters. The maximum atomic E-state index is 9.47. The second kappa shape index (κ2) is 4.16. The summed E-state index contributed by atoms with van der Waals surface area (Å²) in [6.45, 7) is -0.230.